The van der Waals surface area contributed by atoms with Crippen LogP contribution in [0.25, 0.3) is 0 Å². The Morgan fingerprint density at radius 2 is 1.82 bits per heavy atom. The Kier molecular flexibility index (Phi) is 6.46. The van der Waals surface area contributed by atoms with Crippen molar-refractivity contribution in [1.82, 2.24) is 15.0 Å². The molecule has 0 spiro atoms. The summed E-state index contributed by atoms with van der Waals surface area (Å²) in [5.74, 6) is -0.592. The predicted octanol–water partition coefficient (Wildman–Crippen LogP) is 2.34. The molecule has 2 N–H and O–H groups in total. The molecular weight excluding hydrogens is 374 g/mol. The second kappa shape index (κ2) is 8.84. The Balaban J connectivity index is 1.72. The lowest BCUT2D eigenvalue weighted by Crippen LogP contribution is -2.49. The number of carbonyl (C=O) groups is 1. The normalized spacial score (nSPS) is 16.5. The molecule has 0 radical (unpaired) electrons. The molecule has 1 aromatic carbocycles. The van der Waals surface area contributed by atoms with Crippen molar-refractivity contribution in [1.29, 1.82) is 0 Å². The van der Waals surface area contributed by atoms with Gasteiger partial charge in [0.05, 0.1) is 11.2 Å². The van der Waals surface area contributed by atoms with Crippen LogP contribution in [-0.2, 0) is 27.0 Å². The van der Waals surface area contributed by atoms with Gasteiger partial charge in [-0.2, -0.15) is 0 Å². The van der Waals surface area contributed by atoms with Gasteiger partial charge in [0.25, 0.3) is 0 Å². The summed E-state index contributed by atoms with van der Waals surface area (Å²) in [7, 11) is -3.75. The third-order valence-corrected chi connectivity index (χ3v) is 6.51. The van der Waals surface area contributed by atoms with Crippen molar-refractivity contribution in [3.8, 4) is 0 Å². The molecule has 1 aromatic heterocycles. The lowest BCUT2D eigenvalue weighted by atomic mass is 9.74. The van der Waals surface area contributed by atoms with E-state index in [0.717, 1.165) is 11.4 Å². The van der Waals surface area contributed by atoms with Crippen LogP contribution in [0.5, 0.6) is 0 Å². The van der Waals surface area contributed by atoms with Gasteiger partial charge in [-0.15, -0.1) is 0 Å². The van der Waals surface area contributed by atoms with Crippen LogP contribution in [0, 0.1) is 12.3 Å². The average Bonchev–Trinajstić information content (AvgIpc) is 2.67. The van der Waals surface area contributed by atoms with Crippen molar-refractivity contribution >= 4 is 15.9 Å². The second-order valence-corrected chi connectivity index (χ2v) is 9.20. The van der Waals surface area contributed by atoms with Crippen LogP contribution in [0.2, 0.25) is 0 Å². The lowest BCUT2D eigenvalue weighted by Gasteiger charge is -2.36. The van der Waals surface area contributed by atoms with E-state index in [0.29, 0.717) is 44.3 Å². The maximum Gasteiger partial charge on any atom is 0.239 e. The van der Waals surface area contributed by atoms with Crippen LogP contribution in [0.1, 0.15) is 36.2 Å². The first-order valence-electron chi connectivity index (χ1n) is 9.61. The van der Waals surface area contributed by atoms with E-state index < -0.39 is 21.3 Å². The molecular formula is C21H27N3O3S. The number of amides is 1. The Hall–Kier alpha value is -2.25. The van der Waals surface area contributed by atoms with Gasteiger partial charge in [-0.3, -0.25) is 14.5 Å². The smallest absolute Gasteiger partial charge is 0.239 e. The molecule has 7 heteroatoms. The quantitative estimate of drug-likeness (QED) is 0.743. The number of nitrogens with one attached hydrogen (secondary N) is 2. The zero-order chi connectivity index (χ0) is 20.0. The van der Waals surface area contributed by atoms with E-state index in [9.17, 15) is 13.2 Å². The van der Waals surface area contributed by atoms with Crippen LogP contribution >= 0.6 is 0 Å². The highest BCUT2D eigenvalue weighted by Crippen LogP contribution is 2.34. The molecule has 6 nitrogen and oxygen atoms in total. The molecule has 0 aliphatic carbocycles. The van der Waals surface area contributed by atoms with E-state index in [1.165, 1.54) is 0 Å². The maximum atomic E-state index is 13.1. The van der Waals surface area contributed by atoms with Crippen LogP contribution in [0.4, 0.5) is 0 Å². The summed E-state index contributed by atoms with van der Waals surface area (Å²) in [5, 5.41) is 3.26. The number of aromatic nitrogens is 1. The minimum atomic E-state index is -3.75. The average molecular weight is 402 g/mol. The van der Waals surface area contributed by atoms with E-state index in [2.05, 4.69) is 15.0 Å². The minimum Gasteiger partial charge on any atom is -0.317 e. The fourth-order valence-corrected chi connectivity index (χ4v) is 4.88. The Labute approximate surface area is 166 Å². The van der Waals surface area contributed by atoms with Crippen LogP contribution in [-0.4, -0.2) is 32.4 Å². The van der Waals surface area contributed by atoms with Gasteiger partial charge in [0.15, 0.2) is 0 Å². The number of hydrogen-bond donors (Lipinski definition) is 2. The van der Waals surface area contributed by atoms with Gasteiger partial charge in [0.2, 0.25) is 15.9 Å². The summed E-state index contributed by atoms with van der Waals surface area (Å²) >= 11 is 0. The van der Waals surface area contributed by atoms with E-state index >= 15 is 0 Å². The highest BCUT2D eigenvalue weighted by atomic mass is 32.2. The van der Waals surface area contributed by atoms with Crippen molar-refractivity contribution in [2.45, 2.75) is 38.4 Å². The Morgan fingerprint density at radius 3 is 2.50 bits per heavy atom. The third-order valence-electron chi connectivity index (χ3n) is 5.30. The first kappa shape index (κ1) is 20.5. The predicted molar refractivity (Wildman–Crippen MR) is 109 cm³/mol. The largest absolute Gasteiger partial charge is 0.317 e. The third kappa shape index (κ3) is 5.39. The topological polar surface area (TPSA) is 88.2 Å². The van der Waals surface area contributed by atoms with E-state index in [-0.39, 0.29) is 5.75 Å². The molecule has 28 heavy (non-hydrogen) atoms. The summed E-state index contributed by atoms with van der Waals surface area (Å²) in [4.78, 5) is 17.6. The summed E-state index contributed by atoms with van der Waals surface area (Å²) in [6.45, 7) is 3.34. The molecule has 0 atom stereocenters. The van der Waals surface area contributed by atoms with E-state index in [4.69, 9.17) is 0 Å². The molecule has 2 aromatic rings. The van der Waals surface area contributed by atoms with Gasteiger partial charge in [-0.25, -0.2) is 8.42 Å². The number of benzene rings is 1. The molecule has 2 heterocycles. The van der Waals surface area contributed by atoms with Crippen molar-refractivity contribution in [3.63, 3.8) is 0 Å². The number of piperidine rings is 1. The SMILES string of the molecule is Cc1cccc(CCC2(C(=O)NS(=O)(=O)Cc3ccccc3)CCNCC2)n1. The summed E-state index contributed by atoms with van der Waals surface area (Å²) in [6.07, 6.45) is 2.46. The number of sulfonamides is 1. The Bertz CT molecular complexity index is 908. The first-order valence-corrected chi connectivity index (χ1v) is 11.3. The van der Waals surface area contributed by atoms with Crippen molar-refractivity contribution < 1.29 is 13.2 Å². The highest BCUT2D eigenvalue weighted by Gasteiger charge is 2.40. The molecule has 0 bridgehead atoms. The molecule has 1 aliphatic rings. The highest BCUT2D eigenvalue weighted by molar-refractivity contribution is 7.89. The molecule has 150 valence electrons. The van der Waals surface area contributed by atoms with Gasteiger partial charge in [-0.1, -0.05) is 36.4 Å². The van der Waals surface area contributed by atoms with Gasteiger partial charge in [-0.05, 0) is 63.4 Å². The molecule has 1 aliphatic heterocycles. The summed E-state index contributed by atoms with van der Waals surface area (Å²) < 4.78 is 27.5. The fourth-order valence-electron chi connectivity index (χ4n) is 3.68. The van der Waals surface area contributed by atoms with Crippen LogP contribution < -0.4 is 10.0 Å². The number of aryl methyl sites for hydroxylation is 2. The summed E-state index contributed by atoms with van der Waals surface area (Å²) in [6, 6.07) is 14.7. The van der Waals surface area contributed by atoms with Gasteiger partial charge in [0.1, 0.15) is 0 Å². The van der Waals surface area contributed by atoms with E-state index in [1.54, 1.807) is 24.3 Å². The molecule has 1 amide bonds. The lowest BCUT2D eigenvalue weighted by molar-refractivity contribution is -0.131. The van der Waals surface area contributed by atoms with Gasteiger partial charge < -0.3 is 5.32 Å². The number of rotatable bonds is 7. The molecule has 0 saturated carbocycles. The Morgan fingerprint density at radius 1 is 1.11 bits per heavy atom. The monoisotopic (exact) mass is 401 g/mol. The number of carbonyl (C=O) groups excluding carboxylic acids is 1. The number of hydrogen-bond acceptors (Lipinski definition) is 5. The number of nitrogens with zero attached hydrogens (tertiary/aromatic N) is 1. The standard InChI is InChI=1S/C21H27N3O3S/c1-17-6-5-9-19(23-17)10-11-21(12-14-22-15-13-21)20(25)24-28(26,27)16-18-7-3-2-4-8-18/h2-9,22H,10-16H2,1H3,(H,24,25). The maximum absolute atomic E-state index is 13.1. The summed E-state index contributed by atoms with van der Waals surface area (Å²) in [5.41, 5.74) is 1.83. The fraction of sp³-hybridized carbons (Fsp3) is 0.429. The molecule has 0 unspecified atom stereocenters. The first-order chi connectivity index (χ1) is 13.4. The molecule has 1 saturated heterocycles. The van der Waals surface area contributed by atoms with Crippen LogP contribution in [0.3, 0.4) is 0 Å². The van der Waals surface area contributed by atoms with Gasteiger partial charge >= 0.3 is 0 Å². The van der Waals surface area contributed by atoms with Crippen LogP contribution in [0.15, 0.2) is 48.5 Å². The van der Waals surface area contributed by atoms with Gasteiger partial charge in [0, 0.05) is 11.4 Å². The molecule has 3 rings (SSSR count). The number of pyridine rings is 1. The molecule has 1 fully saturated rings. The minimum absolute atomic E-state index is 0.201. The second-order valence-electron chi connectivity index (χ2n) is 7.48. The van der Waals surface area contributed by atoms with Crippen molar-refractivity contribution in [3.05, 3.63) is 65.5 Å². The zero-order valence-electron chi connectivity index (χ0n) is 16.1. The van der Waals surface area contributed by atoms with E-state index in [1.807, 2.05) is 31.2 Å². The van der Waals surface area contributed by atoms with Crippen molar-refractivity contribution in [2.24, 2.45) is 5.41 Å². The van der Waals surface area contributed by atoms with Crippen molar-refractivity contribution in [2.75, 3.05) is 13.1 Å². The zero-order valence-corrected chi connectivity index (χ0v) is 17.0.